The highest BCUT2D eigenvalue weighted by Crippen LogP contribution is 2.36. The number of hydrogen-bond donors (Lipinski definition) is 1. The number of anilines is 1. The lowest BCUT2D eigenvalue weighted by molar-refractivity contribution is 0.415. The summed E-state index contributed by atoms with van der Waals surface area (Å²) in [5.41, 5.74) is 9.66. The minimum Gasteiger partial charge on any atom is -0.497 e. The molecule has 21 heavy (non-hydrogen) atoms. The molecule has 4 rings (SSSR count). The highest BCUT2D eigenvalue weighted by Gasteiger charge is 2.21. The number of methoxy groups -OCH3 is 1. The average Bonchev–Trinajstić information content (AvgIpc) is 3.04. The molecule has 0 unspecified atom stereocenters. The van der Waals surface area contributed by atoms with Crippen LogP contribution in [0.3, 0.4) is 0 Å². The molecule has 4 nitrogen and oxygen atoms in total. The number of hydrogen-bond acceptors (Lipinski definition) is 4. The van der Waals surface area contributed by atoms with Gasteiger partial charge in [-0.2, -0.15) is 0 Å². The third-order valence-corrected chi connectivity index (χ3v) is 5.26. The van der Waals surface area contributed by atoms with E-state index in [1.165, 1.54) is 29.8 Å². The molecule has 0 aliphatic heterocycles. The number of benzene rings is 1. The molecule has 0 saturated carbocycles. The number of nitrogens with zero attached hydrogens (tertiary/aromatic N) is 2. The van der Waals surface area contributed by atoms with Crippen molar-refractivity contribution >= 4 is 22.1 Å². The minimum atomic E-state index is 0.759. The first-order valence-corrected chi connectivity index (χ1v) is 8.02. The summed E-state index contributed by atoms with van der Waals surface area (Å²) >= 11 is 1.78. The SMILES string of the molecule is COc1ccc(-c2nc3sc4c(n3c2N)CCCC4)cc1. The lowest BCUT2D eigenvalue weighted by atomic mass is 10.0. The molecule has 5 heteroatoms. The lowest BCUT2D eigenvalue weighted by Gasteiger charge is -2.11. The predicted octanol–water partition coefficient (Wildman–Crippen LogP) is 3.53. The molecule has 1 aliphatic rings. The minimum absolute atomic E-state index is 0.759. The second kappa shape index (κ2) is 4.77. The van der Waals surface area contributed by atoms with E-state index >= 15 is 0 Å². The standard InChI is InChI=1S/C16H17N3OS/c1-20-11-8-6-10(7-9-11)14-15(17)19-12-4-2-3-5-13(12)21-16(19)18-14/h6-9H,2-5,17H2,1H3. The highest BCUT2D eigenvalue weighted by molar-refractivity contribution is 7.17. The molecule has 1 aliphatic carbocycles. The Bertz CT molecular complexity index is 801. The third-order valence-electron chi connectivity index (χ3n) is 4.12. The summed E-state index contributed by atoms with van der Waals surface area (Å²) in [4.78, 5) is 7.23. The molecule has 108 valence electrons. The van der Waals surface area contributed by atoms with E-state index < -0.39 is 0 Å². The number of fused-ring (bicyclic) bond motifs is 3. The van der Waals surface area contributed by atoms with Crippen molar-refractivity contribution in [1.29, 1.82) is 0 Å². The van der Waals surface area contributed by atoms with Gasteiger partial charge in [-0.05, 0) is 49.9 Å². The molecule has 0 radical (unpaired) electrons. The normalized spacial score (nSPS) is 14.3. The number of aromatic nitrogens is 2. The summed E-state index contributed by atoms with van der Waals surface area (Å²) < 4.78 is 7.35. The Morgan fingerprint density at radius 3 is 2.71 bits per heavy atom. The molecule has 2 aromatic heterocycles. The fourth-order valence-electron chi connectivity index (χ4n) is 3.02. The number of rotatable bonds is 2. The van der Waals surface area contributed by atoms with Gasteiger partial charge in [0.1, 0.15) is 17.3 Å². The molecule has 1 aromatic carbocycles. The fraction of sp³-hybridized carbons (Fsp3) is 0.312. The molecule has 0 saturated heterocycles. The van der Waals surface area contributed by atoms with Crippen LogP contribution < -0.4 is 10.5 Å². The quantitative estimate of drug-likeness (QED) is 0.787. The van der Waals surface area contributed by atoms with Crippen molar-refractivity contribution in [2.75, 3.05) is 12.8 Å². The average molecular weight is 299 g/mol. The van der Waals surface area contributed by atoms with Gasteiger partial charge < -0.3 is 10.5 Å². The summed E-state index contributed by atoms with van der Waals surface area (Å²) in [5, 5.41) is 0. The zero-order valence-electron chi connectivity index (χ0n) is 11.9. The molecule has 3 aromatic rings. The van der Waals surface area contributed by atoms with E-state index in [9.17, 15) is 0 Å². The van der Waals surface area contributed by atoms with Crippen molar-refractivity contribution in [2.24, 2.45) is 0 Å². The number of imidazole rings is 1. The van der Waals surface area contributed by atoms with Gasteiger partial charge >= 0.3 is 0 Å². The fourth-order valence-corrected chi connectivity index (χ4v) is 4.24. The molecule has 2 N–H and O–H groups in total. The molecule has 2 heterocycles. The van der Waals surface area contributed by atoms with Gasteiger partial charge in [0, 0.05) is 16.1 Å². The van der Waals surface area contributed by atoms with Crippen molar-refractivity contribution in [3.8, 4) is 17.0 Å². The second-order valence-electron chi connectivity index (χ2n) is 5.37. The van der Waals surface area contributed by atoms with Crippen LogP contribution in [0.5, 0.6) is 5.75 Å². The number of thiazole rings is 1. The van der Waals surface area contributed by atoms with E-state index in [0.717, 1.165) is 34.2 Å². The van der Waals surface area contributed by atoms with Crippen LogP contribution in [-0.4, -0.2) is 16.5 Å². The molecule has 0 bridgehead atoms. The van der Waals surface area contributed by atoms with Gasteiger partial charge in [-0.1, -0.05) is 0 Å². The monoisotopic (exact) mass is 299 g/mol. The Balaban J connectivity index is 1.85. The third kappa shape index (κ3) is 1.92. The van der Waals surface area contributed by atoms with Crippen molar-refractivity contribution in [2.45, 2.75) is 25.7 Å². The number of nitrogens with two attached hydrogens (primary N) is 1. The van der Waals surface area contributed by atoms with Crippen LogP contribution in [-0.2, 0) is 12.8 Å². The first-order chi connectivity index (χ1) is 10.3. The van der Waals surface area contributed by atoms with Crippen LogP contribution in [0.4, 0.5) is 5.82 Å². The Labute approximate surface area is 127 Å². The maximum atomic E-state index is 6.39. The maximum Gasteiger partial charge on any atom is 0.196 e. The van der Waals surface area contributed by atoms with Gasteiger partial charge in [0.25, 0.3) is 0 Å². The van der Waals surface area contributed by atoms with Crippen molar-refractivity contribution in [1.82, 2.24) is 9.38 Å². The molecule has 0 atom stereocenters. The Morgan fingerprint density at radius 1 is 1.19 bits per heavy atom. The second-order valence-corrected chi connectivity index (χ2v) is 6.43. The Hall–Kier alpha value is -2.01. The van der Waals surface area contributed by atoms with Crippen LogP contribution in [0.25, 0.3) is 16.2 Å². The molecular weight excluding hydrogens is 282 g/mol. The summed E-state index contributed by atoms with van der Waals surface area (Å²) in [5.74, 6) is 1.60. The van der Waals surface area contributed by atoms with Gasteiger partial charge in [-0.3, -0.25) is 4.40 Å². The van der Waals surface area contributed by atoms with Crippen molar-refractivity contribution < 1.29 is 4.74 Å². The summed E-state index contributed by atoms with van der Waals surface area (Å²) in [7, 11) is 1.67. The van der Waals surface area contributed by atoms with E-state index in [1.807, 2.05) is 24.3 Å². The van der Waals surface area contributed by atoms with Gasteiger partial charge in [-0.25, -0.2) is 4.98 Å². The van der Waals surface area contributed by atoms with Gasteiger partial charge in [-0.15, -0.1) is 11.3 Å². The molecule has 0 amide bonds. The summed E-state index contributed by atoms with van der Waals surface area (Å²) in [6, 6.07) is 7.90. The largest absolute Gasteiger partial charge is 0.497 e. The summed E-state index contributed by atoms with van der Waals surface area (Å²) in [6.07, 6.45) is 4.80. The van der Waals surface area contributed by atoms with E-state index in [-0.39, 0.29) is 0 Å². The Kier molecular flexibility index (Phi) is 2.89. The first-order valence-electron chi connectivity index (χ1n) is 7.21. The van der Waals surface area contributed by atoms with E-state index in [2.05, 4.69) is 4.40 Å². The van der Waals surface area contributed by atoms with Crippen LogP contribution in [0.2, 0.25) is 0 Å². The van der Waals surface area contributed by atoms with Crippen molar-refractivity contribution in [3.63, 3.8) is 0 Å². The Morgan fingerprint density at radius 2 is 1.95 bits per heavy atom. The van der Waals surface area contributed by atoms with Crippen LogP contribution in [0.1, 0.15) is 23.4 Å². The molecule has 0 spiro atoms. The number of nitrogen functional groups attached to an aromatic ring is 1. The number of ether oxygens (including phenoxy) is 1. The molecule has 0 fully saturated rings. The van der Waals surface area contributed by atoms with Crippen LogP contribution >= 0.6 is 11.3 Å². The van der Waals surface area contributed by atoms with Crippen LogP contribution in [0.15, 0.2) is 24.3 Å². The first kappa shape index (κ1) is 12.7. The molecular formula is C16H17N3OS. The van der Waals surface area contributed by atoms with Gasteiger partial charge in [0.2, 0.25) is 0 Å². The van der Waals surface area contributed by atoms with E-state index in [4.69, 9.17) is 15.5 Å². The predicted molar refractivity (Wildman–Crippen MR) is 86.1 cm³/mol. The van der Waals surface area contributed by atoms with E-state index in [0.29, 0.717) is 0 Å². The zero-order chi connectivity index (χ0) is 14.4. The number of aryl methyl sites for hydroxylation is 2. The van der Waals surface area contributed by atoms with Crippen LogP contribution in [0, 0.1) is 0 Å². The van der Waals surface area contributed by atoms with Gasteiger partial charge in [0.15, 0.2) is 4.96 Å². The van der Waals surface area contributed by atoms with Gasteiger partial charge in [0.05, 0.1) is 7.11 Å². The highest BCUT2D eigenvalue weighted by atomic mass is 32.1. The smallest absolute Gasteiger partial charge is 0.196 e. The lowest BCUT2D eigenvalue weighted by Crippen LogP contribution is -2.04. The maximum absolute atomic E-state index is 6.39. The zero-order valence-corrected chi connectivity index (χ0v) is 12.7. The van der Waals surface area contributed by atoms with E-state index in [1.54, 1.807) is 18.4 Å². The topological polar surface area (TPSA) is 52.5 Å². The summed E-state index contributed by atoms with van der Waals surface area (Å²) in [6.45, 7) is 0. The van der Waals surface area contributed by atoms with Crippen molar-refractivity contribution in [3.05, 3.63) is 34.8 Å².